The molecular formula is C17H26N4O2S. The number of aromatic nitrogens is 2. The normalized spacial score (nSPS) is 18.9. The largest absolute Gasteiger partial charge is 0.342 e. The van der Waals surface area contributed by atoms with Crippen molar-refractivity contribution >= 4 is 28.3 Å². The molecule has 2 aliphatic rings. The van der Waals surface area contributed by atoms with Gasteiger partial charge in [0.25, 0.3) is 0 Å². The minimum atomic E-state index is -0.0336. The lowest BCUT2D eigenvalue weighted by Gasteiger charge is -2.31. The van der Waals surface area contributed by atoms with E-state index in [2.05, 4.69) is 29.4 Å². The Balaban J connectivity index is 1.50. The van der Waals surface area contributed by atoms with Gasteiger partial charge in [0.15, 0.2) is 0 Å². The van der Waals surface area contributed by atoms with E-state index in [1.54, 1.807) is 0 Å². The van der Waals surface area contributed by atoms with E-state index in [9.17, 15) is 9.59 Å². The Morgan fingerprint density at radius 3 is 2.38 bits per heavy atom. The maximum atomic E-state index is 12.4. The minimum absolute atomic E-state index is 0.0146. The van der Waals surface area contributed by atoms with E-state index in [4.69, 9.17) is 0 Å². The molecule has 1 saturated carbocycles. The number of hydrogen-bond acceptors (Lipinski definition) is 5. The molecule has 0 unspecified atom stereocenters. The van der Waals surface area contributed by atoms with E-state index in [1.165, 1.54) is 11.3 Å². The van der Waals surface area contributed by atoms with Gasteiger partial charge in [-0.1, -0.05) is 25.2 Å². The smallest absolute Gasteiger partial charge is 0.229 e. The Morgan fingerprint density at radius 1 is 1.12 bits per heavy atom. The van der Waals surface area contributed by atoms with Crippen LogP contribution in [-0.2, 0) is 9.59 Å². The summed E-state index contributed by atoms with van der Waals surface area (Å²) in [4.78, 5) is 26.4. The summed E-state index contributed by atoms with van der Waals surface area (Å²) >= 11 is 1.48. The molecule has 2 amide bonds. The summed E-state index contributed by atoms with van der Waals surface area (Å²) in [6, 6.07) is 0. The van der Waals surface area contributed by atoms with Gasteiger partial charge in [0.1, 0.15) is 5.01 Å². The molecule has 1 saturated heterocycles. The first-order valence-electron chi connectivity index (χ1n) is 9.05. The first-order valence-corrected chi connectivity index (χ1v) is 9.87. The number of piperidine rings is 1. The highest BCUT2D eigenvalue weighted by atomic mass is 32.1. The van der Waals surface area contributed by atoms with Crippen molar-refractivity contribution < 1.29 is 9.59 Å². The van der Waals surface area contributed by atoms with Crippen LogP contribution in [0.25, 0.3) is 0 Å². The molecular weight excluding hydrogens is 324 g/mol. The van der Waals surface area contributed by atoms with Crippen LogP contribution in [0.1, 0.15) is 63.3 Å². The van der Waals surface area contributed by atoms with E-state index < -0.39 is 0 Å². The monoisotopic (exact) mass is 350 g/mol. The molecule has 1 aromatic heterocycles. The lowest BCUT2D eigenvalue weighted by Crippen LogP contribution is -2.42. The van der Waals surface area contributed by atoms with Crippen LogP contribution in [-0.4, -0.2) is 40.0 Å². The molecule has 1 aromatic rings. The fourth-order valence-electron chi connectivity index (χ4n) is 3.25. The van der Waals surface area contributed by atoms with Gasteiger partial charge in [0.2, 0.25) is 16.9 Å². The zero-order chi connectivity index (χ0) is 17.1. The molecule has 0 bridgehead atoms. The number of nitrogens with one attached hydrogen (secondary N) is 1. The zero-order valence-electron chi connectivity index (χ0n) is 14.5. The molecule has 0 aromatic carbocycles. The number of hydrogen-bond donors (Lipinski definition) is 1. The molecule has 0 radical (unpaired) electrons. The van der Waals surface area contributed by atoms with Crippen molar-refractivity contribution in [3.8, 4) is 0 Å². The van der Waals surface area contributed by atoms with Crippen LogP contribution >= 0.6 is 11.3 Å². The van der Waals surface area contributed by atoms with Crippen LogP contribution in [0, 0.1) is 11.8 Å². The third kappa shape index (κ3) is 3.94. The molecule has 1 aliphatic carbocycles. The maximum absolute atomic E-state index is 12.4. The van der Waals surface area contributed by atoms with Gasteiger partial charge in [-0.3, -0.25) is 9.59 Å². The van der Waals surface area contributed by atoms with Gasteiger partial charge in [-0.2, -0.15) is 0 Å². The molecule has 2 heterocycles. The van der Waals surface area contributed by atoms with E-state index in [0.717, 1.165) is 43.5 Å². The van der Waals surface area contributed by atoms with Crippen LogP contribution in [0.2, 0.25) is 0 Å². The zero-order valence-corrected chi connectivity index (χ0v) is 15.3. The molecule has 6 nitrogen and oxygen atoms in total. The summed E-state index contributed by atoms with van der Waals surface area (Å²) in [5.74, 6) is 0.951. The highest BCUT2D eigenvalue weighted by Crippen LogP contribution is 2.33. The van der Waals surface area contributed by atoms with Crippen LogP contribution in [0.5, 0.6) is 0 Å². The van der Waals surface area contributed by atoms with Gasteiger partial charge in [0.05, 0.1) is 0 Å². The second-order valence-corrected chi connectivity index (χ2v) is 7.83. The molecule has 2 fully saturated rings. The number of nitrogens with zero attached hydrogens (tertiary/aromatic N) is 3. The van der Waals surface area contributed by atoms with Gasteiger partial charge >= 0.3 is 0 Å². The molecule has 7 heteroatoms. The van der Waals surface area contributed by atoms with Crippen molar-refractivity contribution in [2.24, 2.45) is 11.8 Å². The number of amides is 2. The Hall–Kier alpha value is -1.50. The molecule has 3 rings (SSSR count). The number of rotatable bonds is 6. The quantitative estimate of drug-likeness (QED) is 0.856. The summed E-state index contributed by atoms with van der Waals surface area (Å²) in [5.41, 5.74) is 0. The number of likely N-dealkylation sites (tertiary alicyclic amines) is 1. The fourth-order valence-corrected chi connectivity index (χ4v) is 4.26. The predicted molar refractivity (Wildman–Crippen MR) is 93.9 cm³/mol. The molecule has 1 aliphatic heterocycles. The molecule has 132 valence electrons. The second-order valence-electron chi connectivity index (χ2n) is 6.82. The number of carbonyl (C=O) groups excluding carboxylic acids is 2. The van der Waals surface area contributed by atoms with E-state index in [1.807, 2.05) is 4.90 Å². The fraction of sp³-hybridized carbons (Fsp3) is 0.765. The first kappa shape index (κ1) is 17.3. The third-order valence-corrected chi connectivity index (χ3v) is 6.11. The van der Waals surface area contributed by atoms with Gasteiger partial charge in [-0.05, 0) is 38.5 Å². The lowest BCUT2D eigenvalue weighted by molar-refractivity contribution is -0.135. The minimum Gasteiger partial charge on any atom is -0.342 e. The SMILES string of the molecule is CCC(CC)c1nnc(NC(=O)C2CCN(C(=O)C3CC3)CC2)s1. The standard InChI is InChI=1S/C17H26N4O2S/c1-3-11(4-2)15-19-20-17(24-15)18-14(22)12-7-9-21(10-8-12)16(23)13-5-6-13/h11-13H,3-10H2,1-2H3,(H,18,20,22). The highest BCUT2D eigenvalue weighted by molar-refractivity contribution is 7.15. The highest BCUT2D eigenvalue weighted by Gasteiger charge is 2.36. The van der Waals surface area contributed by atoms with Gasteiger partial charge in [-0.15, -0.1) is 10.2 Å². The lowest BCUT2D eigenvalue weighted by atomic mass is 9.95. The Morgan fingerprint density at radius 2 is 1.79 bits per heavy atom. The van der Waals surface area contributed by atoms with Crippen LogP contribution in [0.4, 0.5) is 5.13 Å². The summed E-state index contributed by atoms with van der Waals surface area (Å²) in [5, 5.41) is 12.8. The number of anilines is 1. The van der Waals surface area contributed by atoms with E-state index >= 15 is 0 Å². The van der Waals surface area contributed by atoms with Crippen molar-refractivity contribution in [2.75, 3.05) is 18.4 Å². The van der Waals surface area contributed by atoms with Crippen molar-refractivity contribution in [2.45, 2.75) is 58.3 Å². The average molecular weight is 350 g/mol. The topological polar surface area (TPSA) is 75.2 Å². The first-order chi connectivity index (χ1) is 11.6. The molecule has 1 N–H and O–H groups in total. The molecule has 0 spiro atoms. The van der Waals surface area contributed by atoms with Crippen LogP contribution in [0.3, 0.4) is 0 Å². The molecule has 24 heavy (non-hydrogen) atoms. The van der Waals surface area contributed by atoms with E-state index in [-0.39, 0.29) is 23.7 Å². The molecule has 0 atom stereocenters. The maximum Gasteiger partial charge on any atom is 0.229 e. The van der Waals surface area contributed by atoms with Crippen molar-refractivity contribution in [1.29, 1.82) is 0 Å². The summed E-state index contributed by atoms with van der Waals surface area (Å²) < 4.78 is 0. The Bertz CT molecular complexity index is 587. The third-order valence-electron chi connectivity index (χ3n) is 5.11. The Labute approximate surface area is 147 Å². The average Bonchev–Trinajstić information content (AvgIpc) is 3.36. The van der Waals surface area contributed by atoms with Crippen LogP contribution in [0.15, 0.2) is 0 Å². The Kier molecular flexibility index (Phi) is 5.48. The van der Waals surface area contributed by atoms with Crippen molar-refractivity contribution in [1.82, 2.24) is 15.1 Å². The van der Waals surface area contributed by atoms with Crippen molar-refractivity contribution in [3.63, 3.8) is 0 Å². The summed E-state index contributed by atoms with van der Waals surface area (Å²) in [6.45, 7) is 5.68. The van der Waals surface area contributed by atoms with Crippen LogP contribution < -0.4 is 5.32 Å². The number of carbonyl (C=O) groups is 2. The van der Waals surface area contributed by atoms with Gasteiger partial charge < -0.3 is 10.2 Å². The summed E-state index contributed by atoms with van der Waals surface area (Å²) in [6.07, 6.45) is 5.62. The van der Waals surface area contributed by atoms with Crippen molar-refractivity contribution in [3.05, 3.63) is 5.01 Å². The van der Waals surface area contributed by atoms with Gasteiger partial charge in [0, 0.05) is 30.8 Å². The van der Waals surface area contributed by atoms with Gasteiger partial charge in [-0.25, -0.2) is 0 Å². The van der Waals surface area contributed by atoms with E-state index in [0.29, 0.717) is 24.1 Å². The summed E-state index contributed by atoms with van der Waals surface area (Å²) in [7, 11) is 0. The predicted octanol–water partition coefficient (Wildman–Crippen LogP) is 3.03. The second kappa shape index (κ2) is 7.59.